The van der Waals surface area contributed by atoms with E-state index in [0.29, 0.717) is 5.92 Å². The zero-order valence-corrected chi connectivity index (χ0v) is 10.3. The van der Waals surface area contributed by atoms with E-state index in [1.807, 2.05) is 6.92 Å². The number of carboxylic acids is 1. The van der Waals surface area contributed by atoms with E-state index in [-0.39, 0.29) is 25.6 Å². The average molecular weight is 265 g/mol. The largest absolute Gasteiger partial charge is 0.481 e. The van der Waals surface area contributed by atoms with Gasteiger partial charge >= 0.3 is 12.1 Å². The van der Waals surface area contributed by atoms with Gasteiger partial charge in [0, 0.05) is 12.6 Å². The Morgan fingerprint density at radius 2 is 2.06 bits per heavy atom. The fourth-order valence-corrected chi connectivity index (χ4v) is 3.32. The number of likely N-dealkylation sites (tertiary alicyclic amines) is 1. The highest BCUT2D eigenvalue weighted by Gasteiger charge is 2.64. The van der Waals surface area contributed by atoms with Gasteiger partial charge in [0.25, 0.3) is 0 Å². The first-order valence-electron chi connectivity index (χ1n) is 6.32. The van der Waals surface area contributed by atoms with Crippen molar-refractivity contribution in [2.45, 2.75) is 44.8 Å². The fourth-order valence-electron chi connectivity index (χ4n) is 3.32. The molecule has 2 aliphatic rings. The van der Waals surface area contributed by atoms with Crippen LogP contribution in [0.15, 0.2) is 0 Å². The summed E-state index contributed by atoms with van der Waals surface area (Å²) in [5.74, 6) is -1.37. The normalized spacial score (nSPS) is 38.2. The third-order valence-corrected chi connectivity index (χ3v) is 4.54. The molecule has 1 heterocycles. The maximum Gasteiger partial charge on any atom is 0.406 e. The molecule has 104 valence electrons. The van der Waals surface area contributed by atoms with Gasteiger partial charge in [-0.3, -0.25) is 9.69 Å². The zero-order chi connectivity index (χ0) is 13.6. The number of hydrogen-bond acceptors (Lipinski definition) is 2. The van der Waals surface area contributed by atoms with Gasteiger partial charge in [0.1, 0.15) is 0 Å². The summed E-state index contributed by atoms with van der Waals surface area (Å²) in [6.07, 6.45) is -2.07. The quantitative estimate of drug-likeness (QED) is 0.834. The number of hydrogen-bond donors (Lipinski definition) is 1. The van der Waals surface area contributed by atoms with Gasteiger partial charge in [-0.1, -0.05) is 13.3 Å². The van der Waals surface area contributed by atoms with E-state index in [9.17, 15) is 18.0 Å². The molecule has 1 aliphatic carbocycles. The number of rotatable bonds is 2. The summed E-state index contributed by atoms with van der Waals surface area (Å²) >= 11 is 0. The highest BCUT2D eigenvalue weighted by Crippen LogP contribution is 2.47. The van der Waals surface area contributed by atoms with Gasteiger partial charge in [-0.05, 0) is 31.7 Å². The Kier molecular flexibility index (Phi) is 3.34. The molecule has 3 unspecified atom stereocenters. The summed E-state index contributed by atoms with van der Waals surface area (Å²) in [4.78, 5) is 12.8. The molecule has 0 aromatic rings. The molecule has 6 heteroatoms. The topological polar surface area (TPSA) is 40.5 Å². The van der Waals surface area contributed by atoms with Crippen LogP contribution >= 0.6 is 0 Å². The van der Waals surface area contributed by atoms with E-state index < -0.39 is 17.6 Å². The van der Waals surface area contributed by atoms with E-state index in [1.54, 1.807) is 4.90 Å². The Bertz CT molecular complexity index is 345. The maximum absolute atomic E-state index is 13.0. The number of halogens is 3. The number of carboxylic acid groups (broad SMARTS) is 1. The average Bonchev–Trinajstić information content (AvgIpc) is 2.82. The van der Waals surface area contributed by atoms with Crippen LogP contribution < -0.4 is 0 Å². The Hall–Kier alpha value is -0.780. The summed E-state index contributed by atoms with van der Waals surface area (Å²) in [6, 6.07) is 0.119. The molecule has 1 saturated carbocycles. The van der Waals surface area contributed by atoms with Crippen LogP contribution in [0.5, 0.6) is 0 Å². The second kappa shape index (κ2) is 4.40. The van der Waals surface area contributed by atoms with Crippen molar-refractivity contribution < 1.29 is 23.1 Å². The summed E-state index contributed by atoms with van der Waals surface area (Å²) in [6.45, 7) is 1.88. The molecule has 0 aromatic heterocycles. The second-order valence-electron chi connectivity index (χ2n) is 5.58. The molecule has 18 heavy (non-hydrogen) atoms. The Morgan fingerprint density at radius 3 is 2.44 bits per heavy atom. The van der Waals surface area contributed by atoms with Crippen LogP contribution in [-0.4, -0.2) is 41.3 Å². The minimum absolute atomic E-state index is 0.119. The van der Waals surface area contributed by atoms with Crippen LogP contribution in [0.4, 0.5) is 13.2 Å². The van der Waals surface area contributed by atoms with Gasteiger partial charge in [-0.15, -0.1) is 0 Å². The smallest absolute Gasteiger partial charge is 0.406 e. The molecule has 0 bridgehead atoms. The van der Waals surface area contributed by atoms with Gasteiger partial charge < -0.3 is 5.11 Å². The van der Waals surface area contributed by atoms with Crippen molar-refractivity contribution in [3.63, 3.8) is 0 Å². The Morgan fingerprint density at radius 1 is 1.39 bits per heavy atom. The van der Waals surface area contributed by atoms with Crippen molar-refractivity contribution in [1.82, 2.24) is 4.90 Å². The molecule has 1 aliphatic heterocycles. The third kappa shape index (κ3) is 2.00. The lowest BCUT2D eigenvalue weighted by Crippen LogP contribution is -2.48. The monoisotopic (exact) mass is 265 g/mol. The predicted molar refractivity (Wildman–Crippen MR) is 59.1 cm³/mol. The minimum Gasteiger partial charge on any atom is -0.481 e. The Balaban J connectivity index is 2.16. The second-order valence-corrected chi connectivity index (χ2v) is 5.58. The molecule has 3 nitrogen and oxygen atoms in total. The standard InChI is InChI=1S/C12H18F3NO2/c1-8-3-2-4-9(8)16-6-5-11(7-16,10(17)18)12(13,14)15/h8-9H,2-7H2,1H3,(H,17,18). The van der Waals surface area contributed by atoms with Gasteiger partial charge in [0.2, 0.25) is 0 Å². The summed E-state index contributed by atoms with van der Waals surface area (Å²) in [7, 11) is 0. The first-order valence-corrected chi connectivity index (χ1v) is 6.32. The van der Waals surface area contributed by atoms with Crippen molar-refractivity contribution in [3.05, 3.63) is 0 Å². The molecule has 0 amide bonds. The van der Waals surface area contributed by atoms with Crippen LogP contribution in [-0.2, 0) is 4.79 Å². The van der Waals surface area contributed by atoms with E-state index in [4.69, 9.17) is 5.11 Å². The summed E-state index contributed by atoms with van der Waals surface area (Å²) in [5, 5.41) is 8.98. The van der Waals surface area contributed by atoms with Crippen molar-refractivity contribution in [1.29, 1.82) is 0 Å². The van der Waals surface area contributed by atoms with Crippen molar-refractivity contribution in [2.75, 3.05) is 13.1 Å². The highest BCUT2D eigenvalue weighted by atomic mass is 19.4. The number of aliphatic carboxylic acids is 1. The number of nitrogens with zero attached hydrogens (tertiary/aromatic N) is 1. The van der Waals surface area contributed by atoms with E-state index in [1.165, 1.54) is 0 Å². The predicted octanol–water partition coefficient (Wildman–Crippen LogP) is 2.51. The fraction of sp³-hybridized carbons (Fsp3) is 0.917. The maximum atomic E-state index is 13.0. The molecule has 1 saturated heterocycles. The first-order chi connectivity index (χ1) is 8.28. The minimum atomic E-state index is -4.67. The molecular formula is C12H18F3NO2. The van der Waals surface area contributed by atoms with Crippen LogP contribution in [0.1, 0.15) is 32.6 Å². The van der Waals surface area contributed by atoms with Crippen LogP contribution in [0.3, 0.4) is 0 Å². The van der Waals surface area contributed by atoms with Crippen molar-refractivity contribution >= 4 is 5.97 Å². The molecule has 1 N–H and O–H groups in total. The van der Waals surface area contributed by atoms with Gasteiger partial charge in [0.15, 0.2) is 5.41 Å². The number of carbonyl (C=O) groups is 1. The Labute approximate surface area is 104 Å². The van der Waals surface area contributed by atoms with Crippen molar-refractivity contribution in [3.8, 4) is 0 Å². The summed E-state index contributed by atoms with van der Waals surface area (Å²) < 4.78 is 39.0. The molecule has 3 atom stereocenters. The van der Waals surface area contributed by atoms with E-state index in [2.05, 4.69) is 0 Å². The third-order valence-electron chi connectivity index (χ3n) is 4.54. The first kappa shape index (κ1) is 13.6. The lowest BCUT2D eigenvalue weighted by molar-refractivity contribution is -0.228. The van der Waals surface area contributed by atoms with Gasteiger partial charge in [-0.25, -0.2) is 0 Å². The molecule has 0 radical (unpaired) electrons. The molecule has 0 spiro atoms. The lowest BCUT2D eigenvalue weighted by atomic mass is 9.86. The summed E-state index contributed by atoms with van der Waals surface area (Å²) in [5.41, 5.74) is -2.56. The SMILES string of the molecule is CC1CCCC1N1CCC(C(=O)O)(C(F)(F)F)C1. The van der Waals surface area contributed by atoms with Crippen LogP contribution in [0.2, 0.25) is 0 Å². The molecule has 2 rings (SSSR count). The van der Waals surface area contributed by atoms with Gasteiger partial charge in [-0.2, -0.15) is 13.2 Å². The van der Waals surface area contributed by atoms with Gasteiger partial charge in [0.05, 0.1) is 0 Å². The zero-order valence-electron chi connectivity index (χ0n) is 10.3. The van der Waals surface area contributed by atoms with Crippen LogP contribution in [0, 0.1) is 11.3 Å². The van der Waals surface area contributed by atoms with E-state index in [0.717, 1.165) is 19.3 Å². The highest BCUT2D eigenvalue weighted by molar-refractivity contribution is 5.76. The molecule has 2 fully saturated rings. The molecular weight excluding hydrogens is 247 g/mol. The van der Waals surface area contributed by atoms with E-state index >= 15 is 0 Å². The molecule has 0 aromatic carbocycles. The lowest BCUT2D eigenvalue weighted by Gasteiger charge is -2.31. The van der Waals surface area contributed by atoms with Crippen LogP contribution in [0.25, 0.3) is 0 Å². The van der Waals surface area contributed by atoms with Crippen molar-refractivity contribution in [2.24, 2.45) is 11.3 Å². The number of alkyl halides is 3.